The number of carbonyl (C=O) groups excluding carboxylic acids is 1. The molecule has 0 saturated heterocycles. The fourth-order valence-corrected chi connectivity index (χ4v) is 6.34. The van der Waals surface area contributed by atoms with E-state index in [1.54, 1.807) is 48.5 Å². The van der Waals surface area contributed by atoms with Gasteiger partial charge in [0.05, 0.1) is 24.9 Å². The van der Waals surface area contributed by atoms with E-state index in [0.29, 0.717) is 22.6 Å². The van der Waals surface area contributed by atoms with Crippen LogP contribution in [0.4, 0.5) is 10.5 Å². The molecule has 11 nitrogen and oxygen atoms in total. The molecule has 0 radical (unpaired) electrons. The summed E-state index contributed by atoms with van der Waals surface area (Å²) >= 11 is 0. The van der Waals surface area contributed by atoms with Gasteiger partial charge in [-0.15, -0.1) is 0 Å². The number of hydrogen-bond donors (Lipinski definition) is 5. The largest absolute Gasteiger partial charge is 0.492 e. The van der Waals surface area contributed by atoms with Crippen molar-refractivity contribution in [1.82, 2.24) is 9.62 Å². The van der Waals surface area contributed by atoms with Gasteiger partial charge in [-0.25, -0.2) is 17.9 Å². The van der Waals surface area contributed by atoms with Crippen LogP contribution in [-0.4, -0.2) is 72.7 Å². The molecule has 236 valence electrons. The summed E-state index contributed by atoms with van der Waals surface area (Å²) in [5, 5.41) is 29.0. The van der Waals surface area contributed by atoms with Crippen molar-refractivity contribution < 1.29 is 38.1 Å². The van der Waals surface area contributed by atoms with Crippen LogP contribution in [0.3, 0.4) is 0 Å². The molecule has 1 aliphatic carbocycles. The highest BCUT2D eigenvalue weighted by Gasteiger charge is 2.25. The summed E-state index contributed by atoms with van der Waals surface area (Å²) in [7, 11) is -3.86. The Morgan fingerprint density at radius 2 is 1.66 bits per heavy atom. The van der Waals surface area contributed by atoms with E-state index in [1.165, 1.54) is 0 Å². The fraction of sp³-hybridized carbons (Fsp3) is 0.375. The SMILES string of the molecule is Nc1ccc([C@@H](O)CN(CCOc2ccc(-c3ccc(C(=O)NS(=O)(=O)CCCO)c(C4CCCC4)c3)cc2)C(=O)O)cc1. The Morgan fingerprint density at radius 1 is 1.00 bits per heavy atom. The summed E-state index contributed by atoms with van der Waals surface area (Å²) in [6.45, 7) is -0.269. The number of sulfonamides is 1. The van der Waals surface area contributed by atoms with Crippen LogP contribution in [0.15, 0.2) is 66.7 Å². The average Bonchev–Trinajstić information content (AvgIpc) is 3.55. The van der Waals surface area contributed by atoms with E-state index in [0.717, 1.165) is 47.3 Å². The van der Waals surface area contributed by atoms with Crippen LogP contribution >= 0.6 is 0 Å². The van der Waals surface area contributed by atoms with Crippen molar-refractivity contribution >= 4 is 27.7 Å². The Balaban J connectivity index is 1.41. The van der Waals surface area contributed by atoms with E-state index in [2.05, 4.69) is 4.72 Å². The number of carbonyl (C=O) groups is 2. The van der Waals surface area contributed by atoms with E-state index in [-0.39, 0.29) is 44.4 Å². The number of nitrogens with zero attached hydrogens (tertiary/aromatic N) is 1. The van der Waals surface area contributed by atoms with Gasteiger partial charge in [0.2, 0.25) is 10.0 Å². The third kappa shape index (κ3) is 8.94. The van der Waals surface area contributed by atoms with E-state index >= 15 is 0 Å². The van der Waals surface area contributed by atoms with Gasteiger partial charge < -0.3 is 30.7 Å². The van der Waals surface area contributed by atoms with E-state index in [1.807, 2.05) is 18.2 Å². The predicted octanol–water partition coefficient (Wildman–Crippen LogP) is 4.13. The minimum absolute atomic E-state index is 0.0439. The zero-order valence-corrected chi connectivity index (χ0v) is 25.2. The Morgan fingerprint density at radius 3 is 2.30 bits per heavy atom. The summed E-state index contributed by atoms with van der Waals surface area (Å²) in [6.07, 6.45) is 1.77. The quantitative estimate of drug-likeness (QED) is 0.165. The summed E-state index contributed by atoms with van der Waals surface area (Å²) < 4.78 is 32.5. The van der Waals surface area contributed by atoms with Gasteiger partial charge in [-0.1, -0.05) is 49.2 Å². The Labute approximate surface area is 257 Å². The number of benzene rings is 3. The molecule has 0 bridgehead atoms. The highest BCUT2D eigenvalue weighted by atomic mass is 32.2. The molecule has 6 N–H and O–H groups in total. The lowest BCUT2D eigenvalue weighted by Crippen LogP contribution is -2.36. The average molecular weight is 626 g/mol. The van der Waals surface area contributed by atoms with Gasteiger partial charge in [-0.05, 0) is 77.8 Å². The standard InChI is InChI=1S/C32H39N3O8S/c33-26-11-6-24(7-12-26)30(37)21-35(32(39)40)16-18-43-27-13-8-22(9-14-27)25-10-15-28(29(20-25)23-4-1-2-5-23)31(38)34-44(41,42)19-3-17-36/h6-15,20,23,30,36-37H,1-5,16-19,21,33H2,(H,34,38)(H,39,40)/t30-/m0/s1. The number of anilines is 1. The Bertz CT molecular complexity index is 1520. The lowest BCUT2D eigenvalue weighted by Gasteiger charge is -2.23. The van der Waals surface area contributed by atoms with Crippen LogP contribution < -0.4 is 15.2 Å². The first-order valence-corrected chi connectivity index (χ1v) is 16.3. The van der Waals surface area contributed by atoms with Crippen molar-refractivity contribution in [2.45, 2.75) is 44.1 Å². The van der Waals surface area contributed by atoms with Gasteiger partial charge in [0.1, 0.15) is 12.4 Å². The molecule has 0 aromatic heterocycles. The molecule has 0 aliphatic heterocycles. The van der Waals surface area contributed by atoms with Crippen LogP contribution in [0.1, 0.15) is 65.6 Å². The monoisotopic (exact) mass is 625 g/mol. The normalized spacial score (nSPS) is 14.2. The van der Waals surface area contributed by atoms with Crippen LogP contribution in [0, 0.1) is 0 Å². The number of ether oxygens (including phenoxy) is 1. The minimum atomic E-state index is -3.86. The number of carboxylic acid groups (broad SMARTS) is 1. The number of amides is 2. The van der Waals surface area contributed by atoms with Crippen LogP contribution in [0.2, 0.25) is 0 Å². The molecule has 0 spiro atoms. The second-order valence-electron chi connectivity index (χ2n) is 10.9. The molecule has 12 heteroatoms. The smallest absolute Gasteiger partial charge is 0.407 e. The zero-order valence-electron chi connectivity index (χ0n) is 24.4. The molecule has 0 unspecified atom stereocenters. The maximum absolute atomic E-state index is 13.0. The molecular formula is C32H39N3O8S. The first-order valence-electron chi connectivity index (χ1n) is 14.6. The number of hydrogen-bond acceptors (Lipinski definition) is 8. The van der Waals surface area contributed by atoms with Crippen LogP contribution in [-0.2, 0) is 10.0 Å². The van der Waals surface area contributed by atoms with Gasteiger partial charge in [-0.3, -0.25) is 4.79 Å². The van der Waals surface area contributed by atoms with Crippen molar-refractivity contribution in [3.05, 3.63) is 83.4 Å². The van der Waals surface area contributed by atoms with Crippen LogP contribution in [0.5, 0.6) is 5.75 Å². The molecule has 1 saturated carbocycles. The van der Waals surface area contributed by atoms with Crippen LogP contribution in [0.25, 0.3) is 11.1 Å². The van der Waals surface area contributed by atoms with Gasteiger partial charge in [0, 0.05) is 17.9 Å². The van der Waals surface area contributed by atoms with Crippen molar-refractivity contribution in [2.24, 2.45) is 0 Å². The van der Waals surface area contributed by atoms with Gasteiger partial charge in [0.25, 0.3) is 5.91 Å². The topological polar surface area (TPSA) is 179 Å². The molecule has 1 atom stereocenters. The van der Waals surface area contributed by atoms with Crippen molar-refractivity contribution in [3.63, 3.8) is 0 Å². The molecule has 2 amide bonds. The minimum Gasteiger partial charge on any atom is -0.492 e. The number of nitrogens with two attached hydrogens (primary N) is 1. The Kier molecular flexibility index (Phi) is 11.2. The van der Waals surface area contributed by atoms with Crippen molar-refractivity contribution in [2.75, 3.05) is 37.8 Å². The lowest BCUT2D eigenvalue weighted by atomic mass is 9.89. The molecule has 3 aromatic rings. The summed E-state index contributed by atoms with van der Waals surface area (Å²) in [5.41, 5.74) is 9.67. The maximum atomic E-state index is 13.0. The van der Waals surface area contributed by atoms with Gasteiger partial charge >= 0.3 is 6.09 Å². The third-order valence-corrected chi connectivity index (χ3v) is 9.04. The van der Waals surface area contributed by atoms with E-state index < -0.39 is 28.1 Å². The number of aliphatic hydroxyl groups is 2. The summed E-state index contributed by atoms with van der Waals surface area (Å²) in [6, 6.07) is 19.2. The van der Waals surface area contributed by atoms with E-state index in [4.69, 9.17) is 15.6 Å². The Hall–Kier alpha value is -4.13. The molecule has 4 rings (SSSR count). The third-order valence-electron chi connectivity index (χ3n) is 7.71. The second-order valence-corrected chi connectivity index (χ2v) is 12.7. The zero-order chi connectivity index (χ0) is 31.7. The first kappa shape index (κ1) is 32.8. The summed E-state index contributed by atoms with van der Waals surface area (Å²) in [4.78, 5) is 25.8. The molecule has 44 heavy (non-hydrogen) atoms. The molecule has 1 aliphatic rings. The molecule has 0 heterocycles. The fourth-order valence-electron chi connectivity index (χ4n) is 5.34. The van der Waals surface area contributed by atoms with Crippen molar-refractivity contribution in [1.29, 1.82) is 0 Å². The highest BCUT2D eigenvalue weighted by molar-refractivity contribution is 7.90. The van der Waals surface area contributed by atoms with Gasteiger partial charge in [-0.2, -0.15) is 0 Å². The second kappa shape index (κ2) is 15.0. The number of nitrogen functional groups attached to an aromatic ring is 1. The molecule has 3 aromatic carbocycles. The number of nitrogens with one attached hydrogen (secondary N) is 1. The summed E-state index contributed by atoms with van der Waals surface area (Å²) in [5.74, 6) is -0.315. The predicted molar refractivity (Wildman–Crippen MR) is 167 cm³/mol. The van der Waals surface area contributed by atoms with Crippen molar-refractivity contribution in [3.8, 4) is 16.9 Å². The number of rotatable bonds is 14. The molecule has 1 fully saturated rings. The highest BCUT2D eigenvalue weighted by Crippen LogP contribution is 2.38. The maximum Gasteiger partial charge on any atom is 0.407 e. The van der Waals surface area contributed by atoms with Gasteiger partial charge in [0.15, 0.2) is 0 Å². The lowest BCUT2D eigenvalue weighted by molar-refractivity contribution is 0.0894. The number of aliphatic hydroxyl groups excluding tert-OH is 2. The van der Waals surface area contributed by atoms with E-state index in [9.17, 15) is 28.2 Å². The molecular weight excluding hydrogens is 586 g/mol. The first-order chi connectivity index (χ1) is 21.1.